The predicted molar refractivity (Wildman–Crippen MR) is 67.8 cm³/mol. The average molecular weight is 218 g/mol. The molecule has 2 heteroatoms. The fraction of sp³-hybridized carbons (Fsp3) is 0.500. The first kappa shape index (κ1) is 12.8. The number of hydrogen-bond donors (Lipinski definition) is 0. The number of nitrogens with zero attached hydrogens (tertiary/aromatic N) is 1. The Kier molecular flexibility index (Phi) is 6.31. The zero-order chi connectivity index (χ0) is 11.6. The van der Waals surface area contributed by atoms with Gasteiger partial charge in [-0.05, 0) is 25.8 Å². The molecule has 0 saturated carbocycles. The van der Waals surface area contributed by atoms with Gasteiger partial charge in [0.05, 0.1) is 0 Å². The molecule has 1 radical (unpaired) electrons. The topological polar surface area (TPSA) is 21.6 Å². The van der Waals surface area contributed by atoms with E-state index >= 15 is 0 Å². The molecule has 1 aromatic rings. The third kappa shape index (κ3) is 5.54. The summed E-state index contributed by atoms with van der Waals surface area (Å²) in [5.74, 6) is 0. The highest BCUT2D eigenvalue weighted by Gasteiger charge is 1.90. The molecule has 1 rings (SSSR count). The summed E-state index contributed by atoms with van der Waals surface area (Å²) in [6, 6.07) is 8.05. The molecule has 1 aromatic carbocycles. The smallest absolute Gasteiger partial charge is 0.139 e. The van der Waals surface area contributed by atoms with Crippen LogP contribution in [0.15, 0.2) is 29.4 Å². The summed E-state index contributed by atoms with van der Waals surface area (Å²) in [5.41, 5.74) is 2.18. The van der Waals surface area contributed by atoms with Crippen molar-refractivity contribution in [2.45, 2.75) is 39.5 Å². The van der Waals surface area contributed by atoms with Crippen LogP contribution in [0.1, 0.15) is 43.7 Å². The Morgan fingerprint density at radius 1 is 1.25 bits per heavy atom. The summed E-state index contributed by atoms with van der Waals surface area (Å²) in [6.45, 7) is 4.94. The third-order valence-corrected chi connectivity index (χ3v) is 2.35. The summed E-state index contributed by atoms with van der Waals surface area (Å²) >= 11 is 0. The molecule has 0 spiro atoms. The van der Waals surface area contributed by atoms with E-state index in [1.807, 2.05) is 18.2 Å². The van der Waals surface area contributed by atoms with Crippen LogP contribution in [0.5, 0.6) is 0 Å². The van der Waals surface area contributed by atoms with Crippen molar-refractivity contribution in [1.82, 2.24) is 0 Å². The second kappa shape index (κ2) is 7.91. The molecule has 0 atom stereocenters. The summed E-state index contributed by atoms with van der Waals surface area (Å²) < 4.78 is 0. The minimum Gasteiger partial charge on any atom is -0.395 e. The van der Waals surface area contributed by atoms with E-state index in [1.165, 1.54) is 24.8 Å². The quantitative estimate of drug-likeness (QED) is 0.387. The van der Waals surface area contributed by atoms with E-state index in [0.29, 0.717) is 6.61 Å². The van der Waals surface area contributed by atoms with E-state index in [-0.39, 0.29) is 0 Å². The molecule has 0 N–H and O–H groups in total. The summed E-state index contributed by atoms with van der Waals surface area (Å²) in [4.78, 5) is 5.14. The largest absolute Gasteiger partial charge is 0.395 e. The molecule has 2 nitrogen and oxygen atoms in total. The van der Waals surface area contributed by atoms with Gasteiger partial charge in [0, 0.05) is 5.56 Å². The second-order valence-corrected chi connectivity index (χ2v) is 3.97. The molecule has 0 bridgehead atoms. The minimum atomic E-state index is 0.693. The lowest BCUT2D eigenvalue weighted by Crippen LogP contribution is -1.89. The normalized spacial score (nSPS) is 10.9. The van der Waals surface area contributed by atoms with Gasteiger partial charge >= 0.3 is 0 Å². The highest BCUT2D eigenvalue weighted by molar-refractivity contribution is 5.79. The van der Waals surface area contributed by atoms with Crippen molar-refractivity contribution in [3.63, 3.8) is 0 Å². The van der Waals surface area contributed by atoms with E-state index in [4.69, 9.17) is 4.84 Å². The van der Waals surface area contributed by atoms with Gasteiger partial charge in [-0.15, -0.1) is 0 Å². The number of benzene rings is 1. The van der Waals surface area contributed by atoms with Crippen molar-refractivity contribution >= 4 is 6.21 Å². The molecule has 0 aliphatic rings. The molecule has 0 aliphatic carbocycles. The lowest BCUT2D eigenvalue weighted by molar-refractivity contribution is 0.141. The summed E-state index contributed by atoms with van der Waals surface area (Å²) in [5, 5.41) is 3.83. The second-order valence-electron chi connectivity index (χ2n) is 3.97. The average Bonchev–Trinajstić information content (AvgIpc) is 2.28. The van der Waals surface area contributed by atoms with Crippen LogP contribution in [0.25, 0.3) is 0 Å². The van der Waals surface area contributed by atoms with Crippen LogP contribution in [-0.4, -0.2) is 12.8 Å². The first-order valence-electron chi connectivity index (χ1n) is 5.97. The molecule has 0 aliphatic heterocycles. The van der Waals surface area contributed by atoms with Crippen molar-refractivity contribution < 1.29 is 4.84 Å². The van der Waals surface area contributed by atoms with Crippen LogP contribution in [0.4, 0.5) is 0 Å². The van der Waals surface area contributed by atoms with E-state index in [2.05, 4.69) is 31.3 Å². The van der Waals surface area contributed by atoms with Crippen LogP contribution in [0.3, 0.4) is 0 Å². The molecule has 0 saturated heterocycles. The Labute approximate surface area is 98.3 Å². The van der Waals surface area contributed by atoms with Gasteiger partial charge in [-0.2, -0.15) is 0 Å². The van der Waals surface area contributed by atoms with Gasteiger partial charge in [-0.1, -0.05) is 48.7 Å². The van der Waals surface area contributed by atoms with E-state index in [1.54, 1.807) is 0 Å². The van der Waals surface area contributed by atoms with Crippen LogP contribution in [-0.2, 0) is 4.84 Å². The van der Waals surface area contributed by atoms with Crippen LogP contribution < -0.4 is 0 Å². The number of hydrogen-bond acceptors (Lipinski definition) is 2. The van der Waals surface area contributed by atoms with Crippen LogP contribution in [0.2, 0.25) is 0 Å². The summed E-state index contributed by atoms with van der Waals surface area (Å²) in [6.07, 6.45) is 7.70. The van der Waals surface area contributed by atoms with Gasteiger partial charge in [-0.3, -0.25) is 0 Å². The molecule has 0 fully saturated rings. The molecular formula is C14H20NO. The molecule has 0 aromatic heterocycles. The van der Waals surface area contributed by atoms with Gasteiger partial charge in [0.2, 0.25) is 0 Å². The van der Waals surface area contributed by atoms with Gasteiger partial charge in [0.1, 0.15) is 12.8 Å². The zero-order valence-electron chi connectivity index (χ0n) is 10.2. The Balaban J connectivity index is 2.17. The first-order valence-corrected chi connectivity index (χ1v) is 5.97. The highest BCUT2D eigenvalue weighted by atomic mass is 16.6. The van der Waals surface area contributed by atoms with Gasteiger partial charge < -0.3 is 4.84 Å². The number of rotatable bonds is 7. The summed E-state index contributed by atoms with van der Waals surface area (Å²) in [7, 11) is 0. The van der Waals surface area contributed by atoms with Crippen molar-refractivity contribution in [1.29, 1.82) is 0 Å². The van der Waals surface area contributed by atoms with Crippen molar-refractivity contribution in [2.24, 2.45) is 5.16 Å². The van der Waals surface area contributed by atoms with Crippen molar-refractivity contribution in [2.75, 3.05) is 6.61 Å². The Hall–Kier alpha value is -1.31. The SMILES string of the molecule is CCCCCCO/N=[C]/c1cccc(C)c1. The fourth-order valence-corrected chi connectivity index (χ4v) is 1.44. The number of aryl methyl sites for hydroxylation is 1. The fourth-order valence-electron chi connectivity index (χ4n) is 1.44. The molecular weight excluding hydrogens is 198 g/mol. The van der Waals surface area contributed by atoms with Crippen LogP contribution in [0, 0.1) is 6.92 Å². The Morgan fingerprint density at radius 3 is 2.88 bits per heavy atom. The van der Waals surface area contributed by atoms with E-state index < -0.39 is 0 Å². The molecule has 0 heterocycles. The van der Waals surface area contributed by atoms with Crippen molar-refractivity contribution in [3.05, 3.63) is 35.4 Å². The van der Waals surface area contributed by atoms with Gasteiger partial charge in [0.25, 0.3) is 0 Å². The standard InChI is InChI=1S/C14H20NO/c1-3-4-5-6-10-16-15-12-14-9-7-8-13(2)11-14/h7-9,11H,3-6,10H2,1-2H3. The maximum atomic E-state index is 5.14. The number of unbranched alkanes of at least 4 members (excludes halogenated alkanes) is 3. The monoisotopic (exact) mass is 218 g/mol. The predicted octanol–water partition coefficient (Wildman–Crippen LogP) is 3.80. The molecule has 0 unspecified atom stereocenters. The molecule has 0 amide bonds. The minimum absolute atomic E-state index is 0.693. The first-order chi connectivity index (χ1) is 7.83. The van der Waals surface area contributed by atoms with Crippen molar-refractivity contribution in [3.8, 4) is 0 Å². The maximum absolute atomic E-state index is 5.14. The lowest BCUT2D eigenvalue weighted by Gasteiger charge is -1.98. The van der Waals surface area contributed by atoms with Gasteiger partial charge in [-0.25, -0.2) is 0 Å². The van der Waals surface area contributed by atoms with E-state index in [9.17, 15) is 0 Å². The zero-order valence-corrected chi connectivity index (χ0v) is 10.2. The van der Waals surface area contributed by atoms with Gasteiger partial charge in [0.15, 0.2) is 0 Å². The van der Waals surface area contributed by atoms with E-state index in [0.717, 1.165) is 12.0 Å². The Bertz CT molecular complexity index is 320. The Morgan fingerprint density at radius 2 is 2.12 bits per heavy atom. The maximum Gasteiger partial charge on any atom is 0.139 e. The lowest BCUT2D eigenvalue weighted by atomic mass is 10.2. The molecule has 87 valence electrons. The third-order valence-electron chi connectivity index (χ3n) is 2.35. The van der Waals surface area contributed by atoms with Crippen LogP contribution >= 0.6 is 0 Å². The highest BCUT2D eigenvalue weighted by Crippen LogP contribution is 2.02. The molecule has 16 heavy (non-hydrogen) atoms.